The number of benzene rings is 2. The molecule has 2 N–H and O–H groups in total. The number of halogens is 1. The number of aliphatic hydroxyl groups is 1. The lowest BCUT2D eigenvalue weighted by Gasteiger charge is -2.45. The van der Waals surface area contributed by atoms with Crippen LogP contribution in [-0.2, 0) is 21.9 Å². The van der Waals surface area contributed by atoms with Crippen LogP contribution < -0.4 is 14.4 Å². The van der Waals surface area contributed by atoms with E-state index < -0.39 is 27.3 Å². The van der Waals surface area contributed by atoms with Crippen molar-refractivity contribution in [2.45, 2.75) is 68.6 Å². The molecule has 2 aromatic carbocycles. The van der Waals surface area contributed by atoms with Crippen molar-refractivity contribution in [1.82, 2.24) is 4.72 Å². The molecule has 0 unspecified atom stereocenters. The lowest BCUT2D eigenvalue weighted by atomic mass is 9.68. The normalized spacial score (nSPS) is 32.5. The number of aliphatic hydroxyl groups excluding tert-OH is 1. The Labute approximate surface area is 243 Å². The summed E-state index contributed by atoms with van der Waals surface area (Å²) in [5.41, 5.74) is 3.34. The Morgan fingerprint density at radius 1 is 1.15 bits per heavy atom. The van der Waals surface area contributed by atoms with Gasteiger partial charge < -0.3 is 14.7 Å². The number of allylic oxidation sites excluding steroid dienone is 1. The third kappa shape index (κ3) is 5.14. The van der Waals surface area contributed by atoms with Crippen LogP contribution >= 0.6 is 11.6 Å². The van der Waals surface area contributed by atoms with Gasteiger partial charge in [0.25, 0.3) is 5.91 Å². The zero-order valence-electron chi connectivity index (χ0n) is 22.8. The van der Waals surface area contributed by atoms with E-state index in [0.717, 1.165) is 49.4 Å². The molecule has 0 saturated heterocycles. The number of amides is 1. The first-order valence-corrected chi connectivity index (χ1v) is 16.3. The van der Waals surface area contributed by atoms with Gasteiger partial charge in [0, 0.05) is 30.5 Å². The van der Waals surface area contributed by atoms with Crippen molar-refractivity contribution in [3.63, 3.8) is 0 Å². The maximum absolute atomic E-state index is 13.2. The van der Waals surface area contributed by atoms with E-state index in [1.165, 1.54) is 11.1 Å². The van der Waals surface area contributed by atoms with Crippen LogP contribution in [0.3, 0.4) is 0 Å². The number of ether oxygens (including phenoxy) is 1. The van der Waals surface area contributed by atoms with E-state index in [1.54, 1.807) is 31.2 Å². The molecular weight excluding hydrogens is 548 g/mol. The first-order valence-electron chi connectivity index (χ1n) is 14.3. The second-order valence-electron chi connectivity index (χ2n) is 12.1. The van der Waals surface area contributed by atoms with E-state index in [-0.39, 0.29) is 24.7 Å². The molecule has 40 heavy (non-hydrogen) atoms. The summed E-state index contributed by atoms with van der Waals surface area (Å²) < 4.78 is 34.6. The van der Waals surface area contributed by atoms with Crippen molar-refractivity contribution in [2.24, 2.45) is 11.8 Å². The fraction of sp³-hybridized carbons (Fsp3) is 0.516. The first kappa shape index (κ1) is 27.6. The molecule has 1 amide bonds. The van der Waals surface area contributed by atoms with Gasteiger partial charge in [-0.05, 0) is 105 Å². The number of hydrogen-bond acceptors (Lipinski definition) is 6. The molecular formula is C31H39ClN2O5S. The minimum absolute atomic E-state index is 0. The first-order chi connectivity index (χ1) is 19.1. The number of aryl methyl sites for hydroxylation is 1. The molecule has 0 aromatic heterocycles. The number of sulfonamides is 1. The largest absolute Gasteiger partial charge is 0.490 e. The summed E-state index contributed by atoms with van der Waals surface area (Å²) in [5, 5.41) is 11.0. The number of fused-ring (bicyclic) bond motifs is 4. The zero-order chi connectivity index (χ0) is 28.1. The van der Waals surface area contributed by atoms with Gasteiger partial charge in [-0.3, -0.25) is 4.79 Å². The highest BCUT2D eigenvalue weighted by Crippen LogP contribution is 2.46. The van der Waals surface area contributed by atoms with Crippen LogP contribution in [0.5, 0.6) is 5.75 Å². The number of carbonyl (C=O) groups excluding carboxylic acids is 1. The second kappa shape index (κ2) is 10.7. The van der Waals surface area contributed by atoms with Crippen molar-refractivity contribution in [1.29, 1.82) is 0 Å². The highest BCUT2D eigenvalue weighted by atomic mass is 35.5. The Hall–Kier alpha value is -2.55. The molecule has 2 aromatic rings. The molecule has 4 aliphatic rings. The topological polar surface area (TPSA) is 95.9 Å². The molecule has 5 atom stereocenters. The van der Waals surface area contributed by atoms with Gasteiger partial charge in [0.15, 0.2) is 0 Å². The van der Waals surface area contributed by atoms with Gasteiger partial charge in [-0.25, -0.2) is 13.1 Å². The molecule has 2 heterocycles. The van der Waals surface area contributed by atoms with E-state index in [0.29, 0.717) is 31.2 Å². The summed E-state index contributed by atoms with van der Waals surface area (Å²) in [6, 6.07) is 11.4. The molecule has 9 heteroatoms. The Bertz CT molecular complexity index is 1450. The summed E-state index contributed by atoms with van der Waals surface area (Å²) in [6.45, 7) is 3.52. The molecule has 1 fully saturated rings. The lowest BCUT2D eigenvalue weighted by Crippen LogP contribution is -2.49. The smallest absolute Gasteiger partial charge is 0.264 e. The monoisotopic (exact) mass is 586 g/mol. The SMILES string of the molecule is C[C@H]1C/C=C/C[C@H](O)[C@@H]2CC[C@H]2CN2C[C@@]3(CCCc4cc(Cl)ccc43)COc3ccc(cc32)C(=O)NS1(=O)=O.[HH]. The molecule has 2 aliphatic carbocycles. The predicted octanol–water partition coefficient (Wildman–Crippen LogP) is 5.24. The molecule has 6 rings (SSSR count). The van der Waals surface area contributed by atoms with Gasteiger partial charge >= 0.3 is 0 Å². The van der Waals surface area contributed by atoms with Gasteiger partial charge in [0.05, 0.1) is 23.6 Å². The van der Waals surface area contributed by atoms with Crippen molar-refractivity contribution < 1.29 is 24.5 Å². The number of anilines is 1. The summed E-state index contributed by atoms with van der Waals surface area (Å²) >= 11 is 6.37. The van der Waals surface area contributed by atoms with E-state index in [2.05, 4.69) is 21.8 Å². The Morgan fingerprint density at radius 2 is 1.98 bits per heavy atom. The molecule has 1 saturated carbocycles. The average Bonchev–Trinajstić information content (AvgIpc) is 3.05. The van der Waals surface area contributed by atoms with E-state index in [1.807, 2.05) is 12.1 Å². The highest BCUT2D eigenvalue weighted by Gasteiger charge is 2.44. The minimum atomic E-state index is -3.88. The molecule has 2 aliphatic heterocycles. The van der Waals surface area contributed by atoms with Gasteiger partial charge in [-0.15, -0.1) is 0 Å². The molecule has 1 spiro atoms. The van der Waals surface area contributed by atoms with Crippen LogP contribution in [0.15, 0.2) is 48.6 Å². The van der Waals surface area contributed by atoms with Gasteiger partial charge in [0.1, 0.15) is 5.75 Å². The number of carbonyl (C=O) groups is 1. The standard InChI is InChI=1S/C31H37ClN2O5S.H2/c1-20-5-2-3-7-28(35)25-11-8-23(25)17-34-18-31(14-4-6-21-15-24(32)10-12-26(21)31)19-39-29-13-9-22(16-27(29)34)30(36)33-40(20,37)38;/h2-3,9-10,12-13,15-16,20,23,25,28,35H,4-8,11,14,17-19H2,1H3,(H,33,36);1H/b3-2+;/t20-,23-,25+,28-,31-;/m0./s1. The minimum Gasteiger partial charge on any atom is -0.490 e. The van der Waals surface area contributed by atoms with E-state index in [9.17, 15) is 18.3 Å². The molecule has 7 nitrogen and oxygen atoms in total. The van der Waals surface area contributed by atoms with Crippen molar-refractivity contribution in [3.8, 4) is 5.75 Å². The second-order valence-corrected chi connectivity index (χ2v) is 14.6. The maximum Gasteiger partial charge on any atom is 0.264 e. The summed E-state index contributed by atoms with van der Waals surface area (Å²) in [6.07, 6.45) is 8.93. The van der Waals surface area contributed by atoms with Crippen LogP contribution in [0.25, 0.3) is 0 Å². The number of nitrogens with one attached hydrogen (secondary N) is 1. The van der Waals surface area contributed by atoms with Gasteiger partial charge in [0.2, 0.25) is 10.0 Å². The van der Waals surface area contributed by atoms with Crippen LogP contribution in [0.2, 0.25) is 5.02 Å². The van der Waals surface area contributed by atoms with Gasteiger partial charge in [-0.2, -0.15) is 0 Å². The maximum atomic E-state index is 13.2. The fourth-order valence-electron chi connectivity index (χ4n) is 6.98. The summed E-state index contributed by atoms with van der Waals surface area (Å²) in [7, 11) is -3.88. The zero-order valence-corrected chi connectivity index (χ0v) is 24.4. The predicted molar refractivity (Wildman–Crippen MR) is 159 cm³/mol. The third-order valence-electron chi connectivity index (χ3n) is 9.50. The molecule has 2 bridgehead atoms. The Balaban J connectivity index is 0.00000337. The van der Waals surface area contributed by atoms with E-state index >= 15 is 0 Å². The Kier molecular flexibility index (Phi) is 7.38. The fourth-order valence-corrected chi connectivity index (χ4v) is 8.12. The van der Waals surface area contributed by atoms with Crippen molar-refractivity contribution >= 4 is 33.2 Å². The summed E-state index contributed by atoms with van der Waals surface area (Å²) in [4.78, 5) is 15.5. The molecule has 0 radical (unpaired) electrons. The highest BCUT2D eigenvalue weighted by molar-refractivity contribution is 7.90. The number of rotatable bonds is 0. The van der Waals surface area contributed by atoms with Crippen molar-refractivity contribution in [2.75, 3.05) is 24.6 Å². The van der Waals surface area contributed by atoms with Crippen LogP contribution in [0.1, 0.15) is 68.4 Å². The van der Waals surface area contributed by atoms with Crippen LogP contribution in [-0.4, -0.2) is 50.5 Å². The summed E-state index contributed by atoms with van der Waals surface area (Å²) in [5.74, 6) is 0.529. The third-order valence-corrected chi connectivity index (χ3v) is 11.5. The van der Waals surface area contributed by atoms with Crippen LogP contribution in [0.4, 0.5) is 5.69 Å². The van der Waals surface area contributed by atoms with Crippen LogP contribution in [0, 0.1) is 11.8 Å². The average molecular weight is 587 g/mol. The number of hydrogen-bond donors (Lipinski definition) is 2. The Morgan fingerprint density at radius 3 is 2.77 bits per heavy atom. The number of nitrogens with zero attached hydrogens (tertiary/aromatic N) is 1. The van der Waals surface area contributed by atoms with Crippen molar-refractivity contribution in [3.05, 3.63) is 70.3 Å². The van der Waals surface area contributed by atoms with Gasteiger partial charge in [-0.1, -0.05) is 29.8 Å². The lowest BCUT2D eigenvalue weighted by molar-refractivity contribution is 0.0177. The quantitative estimate of drug-likeness (QED) is 0.410. The molecule has 216 valence electrons. The van der Waals surface area contributed by atoms with E-state index in [4.69, 9.17) is 16.3 Å².